The minimum atomic E-state index is -4.46. The molecule has 1 fully saturated rings. The minimum Gasteiger partial charge on any atom is -0.479 e. The summed E-state index contributed by atoms with van der Waals surface area (Å²) in [6.45, 7) is 2.02. The van der Waals surface area contributed by atoms with E-state index in [2.05, 4.69) is 20.0 Å². The van der Waals surface area contributed by atoms with Crippen molar-refractivity contribution in [1.29, 1.82) is 0 Å². The van der Waals surface area contributed by atoms with Crippen molar-refractivity contribution in [3.8, 4) is 11.6 Å². The van der Waals surface area contributed by atoms with Gasteiger partial charge in [0.25, 0.3) is 0 Å². The standard InChI is InChI=1S/C32H34FN6O8P/c1-19(29(40)44-16-20-10-5-4-6-11-20)38-48(42,47-23-15-9-13-21-12-7-8-14-22(21)23)45-17-24-26(33)32(2,41)30(46-24)39-18-35-25-27(39)36-31(34)37-28(25)43-3/h4-15,18-19,24,26,30,41H,16-17H2,1-3H3,(H,38,42)(H2,34,36,37)/t19-,24+,26+,30?,32+,48?/m0/s1. The van der Waals surface area contributed by atoms with Crippen LogP contribution in [0.25, 0.3) is 21.9 Å². The number of aromatic nitrogens is 4. The van der Waals surface area contributed by atoms with Crippen molar-refractivity contribution in [3.63, 3.8) is 0 Å². The van der Waals surface area contributed by atoms with Gasteiger partial charge in [-0.25, -0.2) is 13.9 Å². The summed E-state index contributed by atoms with van der Waals surface area (Å²) in [6.07, 6.45) is -3.56. The van der Waals surface area contributed by atoms with Crippen molar-refractivity contribution < 1.29 is 42.1 Å². The van der Waals surface area contributed by atoms with E-state index in [1.165, 1.54) is 31.9 Å². The molecule has 4 N–H and O–H groups in total. The fourth-order valence-corrected chi connectivity index (χ4v) is 6.91. The average Bonchev–Trinajstić information content (AvgIpc) is 3.59. The zero-order valence-electron chi connectivity index (χ0n) is 26.2. The number of nitrogens with one attached hydrogen (secondary N) is 1. The summed E-state index contributed by atoms with van der Waals surface area (Å²) in [6, 6.07) is 20.3. The van der Waals surface area contributed by atoms with Gasteiger partial charge < -0.3 is 29.6 Å². The van der Waals surface area contributed by atoms with Gasteiger partial charge in [0.05, 0.1) is 20.0 Å². The quantitative estimate of drug-likeness (QED) is 0.124. The van der Waals surface area contributed by atoms with Gasteiger partial charge in [0.1, 0.15) is 30.1 Å². The number of hydrogen-bond acceptors (Lipinski definition) is 12. The first kappa shape index (κ1) is 33.2. The highest BCUT2D eigenvalue weighted by atomic mass is 31.2. The maximum atomic E-state index is 15.9. The molecule has 1 aliphatic rings. The molecule has 252 valence electrons. The number of esters is 1. The molecule has 2 aromatic heterocycles. The molecule has 0 bridgehead atoms. The molecule has 6 rings (SSSR count). The minimum absolute atomic E-state index is 0.0116. The zero-order valence-corrected chi connectivity index (χ0v) is 27.1. The van der Waals surface area contributed by atoms with Crippen LogP contribution in [-0.2, 0) is 30.0 Å². The molecule has 2 unspecified atom stereocenters. The number of carbonyl (C=O) groups excluding carboxylic acids is 1. The van der Waals surface area contributed by atoms with Crippen LogP contribution in [0.5, 0.6) is 11.6 Å². The number of aliphatic hydroxyl groups is 1. The van der Waals surface area contributed by atoms with E-state index >= 15 is 4.39 Å². The van der Waals surface area contributed by atoms with Crippen LogP contribution in [0.4, 0.5) is 10.3 Å². The van der Waals surface area contributed by atoms with E-state index in [0.29, 0.717) is 5.39 Å². The van der Waals surface area contributed by atoms with Gasteiger partial charge in [-0.3, -0.25) is 13.9 Å². The monoisotopic (exact) mass is 680 g/mol. The van der Waals surface area contributed by atoms with Crippen LogP contribution in [0.2, 0.25) is 0 Å². The zero-order chi connectivity index (χ0) is 34.1. The van der Waals surface area contributed by atoms with Crippen molar-refractivity contribution in [1.82, 2.24) is 24.6 Å². The van der Waals surface area contributed by atoms with Crippen molar-refractivity contribution >= 4 is 41.6 Å². The van der Waals surface area contributed by atoms with Crippen LogP contribution in [0.15, 0.2) is 79.1 Å². The maximum absolute atomic E-state index is 15.9. The molecule has 0 aliphatic carbocycles. The predicted octanol–water partition coefficient (Wildman–Crippen LogP) is 4.48. The van der Waals surface area contributed by atoms with Crippen LogP contribution in [0.1, 0.15) is 25.6 Å². The van der Waals surface area contributed by atoms with Gasteiger partial charge in [-0.1, -0.05) is 66.7 Å². The molecule has 0 saturated carbocycles. The van der Waals surface area contributed by atoms with Gasteiger partial charge in [0.15, 0.2) is 23.6 Å². The number of anilines is 1. The number of hydrogen-bond donors (Lipinski definition) is 3. The summed E-state index contributed by atoms with van der Waals surface area (Å²) in [5, 5.41) is 15.3. The van der Waals surface area contributed by atoms with E-state index in [1.54, 1.807) is 36.4 Å². The highest BCUT2D eigenvalue weighted by molar-refractivity contribution is 7.52. The van der Waals surface area contributed by atoms with Gasteiger partial charge in [-0.05, 0) is 30.9 Å². The van der Waals surface area contributed by atoms with E-state index in [0.717, 1.165) is 10.9 Å². The fraction of sp³-hybridized carbons (Fsp3) is 0.312. The maximum Gasteiger partial charge on any atom is 0.459 e. The van der Waals surface area contributed by atoms with E-state index in [9.17, 15) is 14.5 Å². The lowest BCUT2D eigenvalue weighted by molar-refractivity contribution is -0.146. The number of carbonyl (C=O) groups is 1. The number of nitrogens with zero attached hydrogens (tertiary/aromatic N) is 4. The number of nitrogens with two attached hydrogens (primary N) is 1. The summed E-state index contributed by atoms with van der Waals surface area (Å²) in [5.41, 5.74) is 4.81. The Balaban J connectivity index is 1.24. The molecular formula is C32H34FN6O8P. The lowest BCUT2D eigenvalue weighted by Gasteiger charge is -2.26. The molecule has 48 heavy (non-hydrogen) atoms. The molecule has 14 nitrogen and oxygen atoms in total. The first-order valence-corrected chi connectivity index (χ1v) is 16.5. The number of alkyl halides is 1. The molecule has 6 atom stereocenters. The van der Waals surface area contributed by atoms with Gasteiger partial charge >= 0.3 is 13.7 Å². The van der Waals surface area contributed by atoms with Gasteiger partial charge in [0.2, 0.25) is 11.8 Å². The number of rotatable bonds is 12. The van der Waals surface area contributed by atoms with Crippen molar-refractivity contribution in [2.45, 2.75) is 50.6 Å². The van der Waals surface area contributed by atoms with Gasteiger partial charge in [-0.2, -0.15) is 15.1 Å². The van der Waals surface area contributed by atoms with Crippen LogP contribution in [-0.4, -0.2) is 68.2 Å². The van der Waals surface area contributed by atoms with Crippen molar-refractivity contribution in [3.05, 3.63) is 84.7 Å². The smallest absolute Gasteiger partial charge is 0.459 e. The third-order valence-corrected chi connectivity index (χ3v) is 9.48. The third kappa shape index (κ3) is 6.68. The second kappa shape index (κ2) is 13.5. The van der Waals surface area contributed by atoms with E-state index in [1.807, 2.05) is 36.4 Å². The Labute approximate surface area is 274 Å². The molecule has 1 aliphatic heterocycles. The normalized spacial score (nSPS) is 22.7. The first-order valence-electron chi connectivity index (χ1n) is 15.0. The number of fused-ring (bicyclic) bond motifs is 2. The molecule has 16 heteroatoms. The third-order valence-electron chi connectivity index (χ3n) is 7.85. The number of nitrogen functional groups attached to an aromatic ring is 1. The highest BCUT2D eigenvalue weighted by Crippen LogP contribution is 2.49. The molecule has 3 aromatic carbocycles. The number of benzene rings is 3. The number of halogens is 1. The Bertz CT molecular complexity index is 1970. The molecular weight excluding hydrogens is 646 g/mol. The summed E-state index contributed by atoms with van der Waals surface area (Å²) in [7, 11) is -3.08. The topological polar surface area (TPSA) is 182 Å². The second-order valence-electron chi connectivity index (χ2n) is 11.4. The predicted molar refractivity (Wildman–Crippen MR) is 173 cm³/mol. The molecule has 0 spiro atoms. The molecule has 5 aromatic rings. The van der Waals surface area contributed by atoms with Gasteiger partial charge in [-0.15, -0.1) is 0 Å². The van der Waals surface area contributed by atoms with E-state index in [-0.39, 0.29) is 35.3 Å². The Kier molecular flexibility index (Phi) is 9.32. The van der Waals surface area contributed by atoms with Crippen molar-refractivity contribution in [2.24, 2.45) is 0 Å². The summed E-state index contributed by atoms with van der Waals surface area (Å²) < 4.78 is 59.9. The number of imidazole rings is 1. The lowest BCUT2D eigenvalue weighted by Crippen LogP contribution is -2.42. The molecule has 1 saturated heterocycles. The Hall–Kier alpha value is -4.66. The number of methoxy groups -OCH3 is 1. The largest absolute Gasteiger partial charge is 0.479 e. The molecule has 3 heterocycles. The van der Waals surface area contributed by atoms with E-state index in [4.69, 9.17) is 29.0 Å². The van der Waals surface area contributed by atoms with Crippen molar-refractivity contribution in [2.75, 3.05) is 19.5 Å². The summed E-state index contributed by atoms with van der Waals surface area (Å²) in [4.78, 5) is 25.3. The lowest BCUT2D eigenvalue weighted by atomic mass is 9.98. The van der Waals surface area contributed by atoms with Gasteiger partial charge in [0, 0.05) is 5.39 Å². The highest BCUT2D eigenvalue weighted by Gasteiger charge is 2.55. The first-order chi connectivity index (χ1) is 23.0. The number of ether oxygens (including phenoxy) is 3. The summed E-state index contributed by atoms with van der Waals surface area (Å²) >= 11 is 0. The van der Waals surface area contributed by atoms with Crippen LogP contribution in [0, 0.1) is 0 Å². The SMILES string of the molecule is COc1nc(N)nc2c1ncn2C1O[C@H](COP(=O)(N[C@@H](C)C(=O)OCc2ccccc2)Oc2cccc3ccccc23)[C@@H](F)[C@@]1(C)O. The molecule has 0 amide bonds. The van der Waals surface area contributed by atoms with Crippen LogP contribution < -0.4 is 20.1 Å². The van der Waals surface area contributed by atoms with Crippen LogP contribution >= 0.6 is 7.75 Å². The molecule has 0 radical (unpaired) electrons. The average molecular weight is 681 g/mol. The van der Waals surface area contributed by atoms with E-state index < -0.39 is 50.5 Å². The van der Waals surface area contributed by atoms with Crippen LogP contribution in [0.3, 0.4) is 0 Å². The Morgan fingerprint density at radius 3 is 2.65 bits per heavy atom. The second-order valence-corrected chi connectivity index (χ2v) is 13.1. The Morgan fingerprint density at radius 1 is 1.15 bits per heavy atom. The fourth-order valence-electron chi connectivity index (χ4n) is 5.39. The Morgan fingerprint density at radius 2 is 1.88 bits per heavy atom. The summed E-state index contributed by atoms with van der Waals surface area (Å²) in [5.74, 6) is -0.584.